The topological polar surface area (TPSA) is 49.2 Å². The summed E-state index contributed by atoms with van der Waals surface area (Å²) in [7, 11) is 0. The van der Waals surface area contributed by atoms with Crippen LogP contribution in [0.25, 0.3) is 11.3 Å². The van der Waals surface area contributed by atoms with Crippen molar-refractivity contribution in [2.75, 3.05) is 11.4 Å². The van der Waals surface area contributed by atoms with E-state index in [9.17, 15) is 13.9 Å². The third kappa shape index (κ3) is 4.11. The lowest BCUT2D eigenvalue weighted by molar-refractivity contribution is 0.182. The SMILES string of the molecule is OC(CN(c1ccc(-c2ccc(F)cc2)nn1)C1CC1)c1ccc(F)cc1. The van der Waals surface area contributed by atoms with E-state index in [0.29, 0.717) is 29.7 Å². The Morgan fingerprint density at radius 1 is 0.889 bits per heavy atom. The molecule has 2 aromatic carbocycles. The minimum atomic E-state index is -0.746. The van der Waals surface area contributed by atoms with Crippen molar-refractivity contribution in [3.05, 3.63) is 77.9 Å². The number of aromatic nitrogens is 2. The fourth-order valence-electron chi connectivity index (χ4n) is 3.05. The van der Waals surface area contributed by atoms with Crippen molar-refractivity contribution < 1.29 is 13.9 Å². The van der Waals surface area contributed by atoms with Crippen molar-refractivity contribution in [3.63, 3.8) is 0 Å². The summed E-state index contributed by atoms with van der Waals surface area (Å²) in [4.78, 5) is 2.04. The van der Waals surface area contributed by atoms with Crippen molar-refractivity contribution in [1.29, 1.82) is 0 Å². The summed E-state index contributed by atoms with van der Waals surface area (Å²) in [5.41, 5.74) is 2.12. The highest BCUT2D eigenvalue weighted by atomic mass is 19.1. The van der Waals surface area contributed by atoms with Crippen LogP contribution in [0.1, 0.15) is 24.5 Å². The van der Waals surface area contributed by atoms with E-state index in [2.05, 4.69) is 10.2 Å². The number of nitrogens with zero attached hydrogens (tertiary/aromatic N) is 3. The van der Waals surface area contributed by atoms with E-state index in [4.69, 9.17) is 0 Å². The number of hydrogen-bond acceptors (Lipinski definition) is 4. The van der Waals surface area contributed by atoms with Crippen LogP contribution in [0.5, 0.6) is 0 Å². The first-order valence-corrected chi connectivity index (χ1v) is 8.90. The molecule has 4 rings (SSSR count). The van der Waals surface area contributed by atoms with Crippen LogP contribution >= 0.6 is 0 Å². The first-order chi connectivity index (χ1) is 13.1. The van der Waals surface area contributed by atoms with Crippen molar-refractivity contribution >= 4 is 5.82 Å². The maximum atomic E-state index is 13.1. The zero-order chi connectivity index (χ0) is 18.8. The smallest absolute Gasteiger partial charge is 0.151 e. The Hall–Kier alpha value is -2.86. The fraction of sp³-hybridized carbons (Fsp3) is 0.238. The second-order valence-electron chi connectivity index (χ2n) is 6.73. The Bertz CT molecular complexity index is 894. The molecule has 138 valence electrons. The number of rotatable bonds is 6. The molecule has 1 saturated carbocycles. The average Bonchev–Trinajstić information content (AvgIpc) is 3.52. The number of halogens is 2. The second kappa shape index (κ2) is 7.40. The summed E-state index contributed by atoms with van der Waals surface area (Å²) >= 11 is 0. The number of aliphatic hydroxyl groups is 1. The minimum absolute atomic E-state index is 0.294. The summed E-state index contributed by atoms with van der Waals surface area (Å²) in [6.45, 7) is 0.362. The maximum absolute atomic E-state index is 13.1. The van der Waals surface area contributed by atoms with E-state index in [1.165, 1.54) is 24.3 Å². The van der Waals surface area contributed by atoms with Gasteiger partial charge in [-0.1, -0.05) is 12.1 Å². The molecule has 1 aromatic heterocycles. The molecule has 1 aliphatic carbocycles. The molecule has 0 aliphatic heterocycles. The molecule has 1 N–H and O–H groups in total. The highest BCUT2D eigenvalue weighted by Gasteiger charge is 2.32. The van der Waals surface area contributed by atoms with Crippen LogP contribution in [0.2, 0.25) is 0 Å². The zero-order valence-electron chi connectivity index (χ0n) is 14.6. The predicted molar refractivity (Wildman–Crippen MR) is 99.2 cm³/mol. The monoisotopic (exact) mass is 367 g/mol. The quantitative estimate of drug-likeness (QED) is 0.712. The van der Waals surface area contributed by atoms with Gasteiger partial charge in [-0.2, -0.15) is 0 Å². The molecule has 1 aliphatic rings. The van der Waals surface area contributed by atoms with E-state index in [1.54, 1.807) is 24.3 Å². The minimum Gasteiger partial charge on any atom is -0.387 e. The lowest BCUT2D eigenvalue weighted by Gasteiger charge is -2.26. The molecule has 1 fully saturated rings. The largest absolute Gasteiger partial charge is 0.387 e. The maximum Gasteiger partial charge on any atom is 0.151 e. The molecular formula is C21H19F2N3O. The number of aliphatic hydroxyl groups excluding tert-OH is 1. The Morgan fingerprint density at radius 3 is 2.07 bits per heavy atom. The predicted octanol–water partition coefficient (Wildman–Crippen LogP) is 4.12. The Labute approximate surface area is 156 Å². The van der Waals surface area contributed by atoms with Crippen molar-refractivity contribution in [2.45, 2.75) is 25.0 Å². The van der Waals surface area contributed by atoms with Gasteiger partial charge >= 0.3 is 0 Å². The molecule has 1 atom stereocenters. The van der Waals surface area contributed by atoms with Crippen LogP contribution < -0.4 is 4.90 Å². The molecule has 0 spiro atoms. The van der Waals surface area contributed by atoms with Crippen LogP contribution in [-0.2, 0) is 0 Å². The van der Waals surface area contributed by atoms with Crippen molar-refractivity contribution in [2.24, 2.45) is 0 Å². The van der Waals surface area contributed by atoms with Crippen molar-refractivity contribution in [3.8, 4) is 11.3 Å². The fourth-order valence-corrected chi connectivity index (χ4v) is 3.05. The van der Waals surface area contributed by atoms with Gasteiger partial charge in [-0.25, -0.2) is 8.78 Å². The molecule has 3 aromatic rings. The van der Waals surface area contributed by atoms with E-state index >= 15 is 0 Å². The molecule has 0 bridgehead atoms. The third-order valence-electron chi connectivity index (χ3n) is 4.70. The van der Waals surface area contributed by atoms with Crippen LogP contribution in [-0.4, -0.2) is 27.9 Å². The van der Waals surface area contributed by atoms with Crippen LogP contribution in [0.15, 0.2) is 60.7 Å². The van der Waals surface area contributed by atoms with E-state index in [-0.39, 0.29) is 11.6 Å². The lowest BCUT2D eigenvalue weighted by atomic mass is 10.1. The Kier molecular flexibility index (Phi) is 4.81. The summed E-state index contributed by atoms with van der Waals surface area (Å²) in [6.07, 6.45) is 1.33. The van der Waals surface area contributed by atoms with Gasteiger partial charge < -0.3 is 10.0 Å². The van der Waals surface area contributed by atoms with Gasteiger partial charge in [0, 0.05) is 18.2 Å². The van der Waals surface area contributed by atoms with E-state index < -0.39 is 6.10 Å². The lowest BCUT2D eigenvalue weighted by Crippen LogP contribution is -2.31. The van der Waals surface area contributed by atoms with Gasteiger partial charge in [-0.15, -0.1) is 10.2 Å². The van der Waals surface area contributed by atoms with Crippen molar-refractivity contribution in [1.82, 2.24) is 10.2 Å². The van der Waals surface area contributed by atoms with Gasteiger partial charge in [0.1, 0.15) is 11.6 Å². The Balaban J connectivity index is 1.52. The normalized spacial score (nSPS) is 14.8. The molecule has 0 radical (unpaired) electrons. The highest BCUT2D eigenvalue weighted by Crippen LogP contribution is 2.32. The van der Waals surface area contributed by atoms with Crippen LogP contribution in [0, 0.1) is 11.6 Å². The number of hydrogen-bond donors (Lipinski definition) is 1. The number of anilines is 1. The van der Waals surface area contributed by atoms with Gasteiger partial charge in [0.15, 0.2) is 5.82 Å². The Morgan fingerprint density at radius 2 is 1.52 bits per heavy atom. The van der Waals surface area contributed by atoms with Gasteiger partial charge in [-0.3, -0.25) is 0 Å². The van der Waals surface area contributed by atoms with E-state index in [0.717, 1.165) is 18.4 Å². The first-order valence-electron chi connectivity index (χ1n) is 8.90. The standard InChI is InChI=1S/C21H19F2N3O/c22-16-5-1-14(2-6-16)19-11-12-21(25-24-19)26(18-9-10-18)13-20(27)15-3-7-17(23)8-4-15/h1-8,11-12,18,20,27H,9-10,13H2. The first kappa shape index (κ1) is 17.5. The zero-order valence-corrected chi connectivity index (χ0v) is 14.6. The summed E-state index contributed by atoms with van der Waals surface area (Å²) in [6, 6.07) is 16.0. The third-order valence-corrected chi connectivity index (χ3v) is 4.70. The summed E-state index contributed by atoms with van der Waals surface area (Å²) in [5, 5.41) is 19.1. The van der Waals surface area contributed by atoms with Gasteiger partial charge in [0.05, 0.1) is 11.8 Å². The molecule has 6 heteroatoms. The molecule has 4 nitrogen and oxygen atoms in total. The highest BCUT2D eigenvalue weighted by molar-refractivity contribution is 5.59. The number of benzene rings is 2. The van der Waals surface area contributed by atoms with Gasteiger partial charge in [0.25, 0.3) is 0 Å². The molecule has 27 heavy (non-hydrogen) atoms. The molecule has 0 amide bonds. The molecule has 1 unspecified atom stereocenters. The second-order valence-corrected chi connectivity index (χ2v) is 6.73. The summed E-state index contributed by atoms with van der Waals surface area (Å²) in [5.74, 6) is 0.0646. The molecule has 0 saturated heterocycles. The van der Waals surface area contributed by atoms with Crippen LogP contribution in [0.4, 0.5) is 14.6 Å². The van der Waals surface area contributed by atoms with Gasteiger partial charge in [-0.05, 0) is 66.9 Å². The molecular weight excluding hydrogens is 348 g/mol. The van der Waals surface area contributed by atoms with Crippen LogP contribution in [0.3, 0.4) is 0 Å². The summed E-state index contributed by atoms with van der Waals surface area (Å²) < 4.78 is 26.1. The average molecular weight is 367 g/mol. The van der Waals surface area contributed by atoms with Gasteiger partial charge in [0.2, 0.25) is 0 Å². The van der Waals surface area contributed by atoms with E-state index in [1.807, 2.05) is 17.0 Å². The molecule has 1 heterocycles.